The number of carbonyl (C=O) groups is 2. The summed E-state index contributed by atoms with van der Waals surface area (Å²) >= 11 is 0. The Morgan fingerprint density at radius 3 is 2.59 bits per heavy atom. The summed E-state index contributed by atoms with van der Waals surface area (Å²) in [7, 11) is 3.10. The van der Waals surface area contributed by atoms with Crippen molar-refractivity contribution in [3.05, 3.63) is 54.0 Å². The van der Waals surface area contributed by atoms with Crippen LogP contribution in [0.2, 0.25) is 0 Å². The van der Waals surface area contributed by atoms with Crippen LogP contribution in [0.5, 0.6) is 11.5 Å². The quantitative estimate of drug-likeness (QED) is 0.522. The fourth-order valence-electron chi connectivity index (χ4n) is 3.37. The zero-order chi connectivity index (χ0) is 23.1. The number of hydrogen-bond acceptors (Lipinski definition) is 7. The number of benzene rings is 1. The molecule has 0 aliphatic carbocycles. The normalized spacial score (nSPS) is 15.2. The first-order valence-corrected chi connectivity index (χ1v) is 10.0. The molecule has 0 saturated carbocycles. The first kappa shape index (κ1) is 22.6. The van der Waals surface area contributed by atoms with Crippen molar-refractivity contribution >= 4 is 17.6 Å². The molecular formula is C23H25N5O4. The van der Waals surface area contributed by atoms with Gasteiger partial charge in [0.25, 0.3) is 5.91 Å². The average molecular weight is 435 g/mol. The number of amides is 2. The third-order valence-corrected chi connectivity index (χ3v) is 4.94. The molecule has 1 atom stereocenters. The van der Waals surface area contributed by atoms with Gasteiger partial charge in [-0.05, 0) is 37.0 Å². The van der Waals surface area contributed by atoms with Gasteiger partial charge in [0.15, 0.2) is 5.69 Å². The van der Waals surface area contributed by atoms with Crippen molar-refractivity contribution in [1.29, 1.82) is 0 Å². The van der Waals surface area contributed by atoms with Gasteiger partial charge < -0.3 is 25.4 Å². The predicted octanol–water partition coefficient (Wildman–Crippen LogP) is 1.58. The molecular weight excluding hydrogens is 410 g/mol. The van der Waals surface area contributed by atoms with Crippen LogP contribution in [0.15, 0.2) is 37.1 Å². The van der Waals surface area contributed by atoms with E-state index in [1.165, 1.54) is 12.3 Å². The lowest BCUT2D eigenvalue weighted by atomic mass is 10.1. The second-order valence-electron chi connectivity index (χ2n) is 7.14. The molecule has 9 nitrogen and oxygen atoms in total. The molecule has 0 radical (unpaired) electrons. The number of ether oxygens (including phenoxy) is 2. The predicted molar refractivity (Wildman–Crippen MR) is 119 cm³/mol. The Labute approximate surface area is 186 Å². The van der Waals surface area contributed by atoms with E-state index >= 15 is 0 Å². The van der Waals surface area contributed by atoms with Crippen LogP contribution < -0.4 is 20.5 Å². The van der Waals surface area contributed by atoms with E-state index in [1.807, 2.05) is 0 Å². The monoisotopic (exact) mass is 435 g/mol. The van der Waals surface area contributed by atoms with Crippen LogP contribution in [0.3, 0.4) is 0 Å². The number of primary amides is 1. The standard InChI is InChI=1S/C23H25N5O4/c1-4-21(29)28-9-5-6-16(14-28)26-20-13-25-22(23(24)30)19(27-20)8-7-15-10-17(31-2)12-18(11-15)32-3/h4,10-13,16H,1,5-6,9,14H2,2-3H3,(H2,24,30)(H,26,27)/t16-/m0/s1. The van der Waals surface area contributed by atoms with Crippen LogP contribution in [0.1, 0.15) is 34.6 Å². The highest BCUT2D eigenvalue weighted by Crippen LogP contribution is 2.22. The maximum Gasteiger partial charge on any atom is 0.270 e. The van der Waals surface area contributed by atoms with E-state index in [9.17, 15) is 9.59 Å². The van der Waals surface area contributed by atoms with E-state index in [1.54, 1.807) is 37.3 Å². The summed E-state index contributed by atoms with van der Waals surface area (Å²) in [4.78, 5) is 34.1. The number of carbonyl (C=O) groups excluding carboxylic acids is 2. The van der Waals surface area contributed by atoms with Gasteiger partial charge in [-0.1, -0.05) is 12.5 Å². The fourth-order valence-corrected chi connectivity index (χ4v) is 3.37. The van der Waals surface area contributed by atoms with Crippen molar-refractivity contribution in [2.75, 3.05) is 32.6 Å². The topological polar surface area (TPSA) is 120 Å². The molecule has 0 bridgehead atoms. The lowest BCUT2D eigenvalue weighted by molar-refractivity contribution is -0.127. The molecule has 1 aliphatic heterocycles. The minimum Gasteiger partial charge on any atom is -0.497 e. The molecule has 1 saturated heterocycles. The van der Waals surface area contributed by atoms with Gasteiger partial charge in [0.2, 0.25) is 5.91 Å². The average Bonchev–Trinajstić information content (AvgIpc) is 2.82. The lowest BCUT2D eigenvalue weighted by Gasteiger charge is -2.32. The van der Waals surface area contributed by atoms with Crippen molar-refractivity contribution in [1.82, 2.24) is 14.9 Å². The maximum atomic E-state index is 11.9. The Bertz CT molecular complexity index is 1070. The number of nitrogens with zero attached hydrogens (tertiary/aromatic N) is 3. The van der Waals surface area contributed by atoms with E-state index in [2.05, 4.69) is 33.7 Å². The van der Waals surface area contributed by atoms with Gasteiger partial charge in [0, 0.05) is 30.8 Å². The van der Waals surface area contributed by atoms with Crippen LogP contribution in [0.4, 0.5) is 5.82 Å². The number of piperidine rings is 1. The van der Waals surface area contributed by atoms with Gasteiger partial charge in [0.1, 0.15) is 23.0 Å². The van der Waals surface area contributed by atoms with E-state index < -0.39 is 5.91 Å². The summed E-state index contributed by atoms with van der Waals surface area (Å²) in [5, 5.41) is 3.27. The summed E-state index contributed by atoms with van der Waals surface area (Å²) in [5.74, 6) is 6.61. The summed E-state index contributed by atoms with van der Waals surface area (Å²) in [6.45, 7) is 4.75. The third-order valence-electron chi connectivity index (χ3n) is 4.94. The summed E-state index contributed by atoms with van der Waals surface area (Å²) in [6, 6.07) is 5.20. The minimum atomic E-state index is -0.725. The molecule has 3 rings (SSSR count). The van der Waals surface area contributed by atoms with Crippen molar-refractivity contribution in [2.24, 2.45) is 5.73 Å². The number of nitrogens with one attached hydrogen (secondary N) is 1. The third kappa shape index (κ3) is 5.55. The first-order chi connectivity index (χ1) is 15.4. The van der Waals surface area contributed by atoms with Crippen molar-refractivity contribution in [2.45, 2.75) is 18.9 Å². The lowest BCUT2D eigenvalue weighted by Crippen LogP contribution is -2.44. The van der Waals surface area contributed by atoms with Crippen LogP contribution in [0.25, 0.3) is 0 Å². The molecule has 1 aliphatic rings. The molecule has 0 spiro atoms. The molecule has 2 amide bonds. The summed E-state index contributed by atoms with van der Waals surface area (Å²) in [5.41, 5.74) is 6.20. The van der Waals surface area contributed by atoms with Crippen molar-refractivity contribution in [3.8, 4) is 23.3 Å². The second-order valence-corrected chi connectivity index (χ2v) is 7.14. The smallest absolute Gasteiger partial charge is 0.270 e. The SMILES string of the molecule is C=CC(=O)N1CCC[C@H](Nc2cnc(C(N)=O)c(C#Cc3cc(OC)cc(OC)c3)n2)C1. The number of likely N-dealkylation sites (tertiary alicyclic amines) is 1. The Morgan fingerprint density at radius 2 is 1.97 bits per heavy atom. The zero-order valence-corrected chi connectivity index (χ0v) is 18.1. The number of nitrogens with two attached hydrogens (primary N) is 1. The Morgan fingerprint density at radius 1 is 1.25 bits per heavy atom. The minimum absolute atomic E-state index is 0.00941. The van der Waals surface area contributed by atoms with Gasteiger partial charge in [-0.15, -0.1) is 0 Å². The number of hydrogen-bond donors (Lipinski definition) is 2. The van der Waals surface area contributed by atoms with E-state index in [4.69, 9.17) is 15.2 Å². The summed E-state index contributed by atoms with van der Waals surface area (Å²) < 4.78 is 10.5. The maximum absolute atomic E-state index is 11.9. The number of aromatic nitrogens is 2. The number of methoxy groups -OCH3 is 2. The van der Waals surface area contributed by atoms with Crippen LogP contribution in [-0.4, -0.2) is 60.0 Å². The Hall–Kier alpha value is -4.06. The molecule has 166 valence electrons. The van der Waals surface area contributed by atoms with Gasteiger partial charge in [-0.2, -0.15) is 0 Å². The van der Waals surface area contributed by atoms with E-state index in [0.717, 1.165) is 12.8 Å². The molecule has 1 fully saturated rings. The molecule has 1 aromatic carbocycles. The Kier molecular flexibility index (Phi) is 7.29. The molecule has 2 aromatic rings. The molecule has 9 heteroatoms. The highest BCUT2D eigenvalue weighted by Gasteiger charge is 2.23. The van der Waals surface area contributed by atoms with Gasteiger partial charge in [-0.25, -0.2) is 9.97 Å². The van der Waals surface area contributed by atoms with E-state index in [0.29, 0.717) is 36.0 Å². The van der Waals surface area contributed by atoms with Gasteiger partial charge >= 0.3 is 0 Å². The highest BCUT2D eigenvalue weighted by atomic mass is 16.5. The molecule has 32 heavy (non-hydrogen) atoms. The molecule has 0 unspecified atom stereocenters. The first-order valence-electron chi connectivity index (χ1n) is 10.0. The van der Waals surface area contributed by atoms with Crippen LogP contribution in [-0.2, 0) is 4.79 Å². The van der Waals surface area contributed by atoms with E-state index in [-0.39, 0.29) is 23.3 Å². The van der Waals surface area contributed by atoms with Gasteiger partial charge in [0.05, 0.1) is 20.4 Å². The fraction of sp³-hybridized carbons (Fsp3) is 0.304. The number of anilines is 1. The molecule has 2 heterocycles. The van der Waals surface area contributed by atoms with Crippen molar-refractivity contribution in [3.63, 3.8) is 0 Å². The molecule has 1 aromatic heterocycles. The van der Waals surface area contributed by atoms with Crippen molar-refractivity contribution < 1.29 is 19.1 Å². The highest BCUT2D eigenvalue weighted by molar-refractivity contribution is 5.93. The summed E-state index contributed by atoms with van der Waals surface area (Å²) in [6.07, 6.45) is 4.47. The van der Waals surface area contributed by atoms with Crippen LogP contribution >= 0.6 is 0 Å². The number of rotatable bonds is 6. The second kappa shape index (κ2) is 10.3. The zero-order valence-electron chi connectivity index (χ0n) is 18.1. The molecule has 3 N–H and O–H groups in total. The van der Waals surface area contributed by atoms with Crippen LogP contribution in [0, 0.1) is 11.8 Å². The largest absolute Gasteiger partial charge is 0.497 e. The van der Waals surface area contributed by atoms with Gasteiger partial charge in [-0.3, -0.25) is 9.59 Å². The Balaban J connectivity index is 1.86.